The Morgan fingerprint density at radius 2 is 1.59 bits per heavy atom. The van der Waals surface area contributed by atoms with E-state index in [-0.39, 0.29) is 31.4 Å². The molecule has 2 aromatic carbocycles. The van der Waals surface area contributed by atoms with Crippen LogP contribution in [0.4, 0.5) is 10.5 Å². The molecule has 1 heterocycles. The third kappa shape index (κ3) is 8.42. The average Bonchev–Trinajstić information content (AvgIpc) is 2.87. The highest BCUT2D eigenvalue weighted by Crippen LogP contribution is 2.38. The Hall–Kier alpha value is -2.15. The Morgan fingerprint density at radius 3 is 2.21 bits per heavy atom. The van der Waals surface area contributed by atoms with Gasteiger partial charge in [0.1, 0.15) is 5.60 Å². The topological polar surface area (TPSA) is 61.9 Å². The molecular formula is C30H40Cl3N3O3. The number of ether oxygens (including phenoxy) is 1. The maximum Gasteiger partial charge on any atom is 0.407 e. The second kappa shape index (κ2) is 13.5. The van der Waals surface area contributed by atoms with E-state index in [4.69, 9.17) is 39.5 Å². The van der Waals surface area contributed by atoms with Crippen LogP contribution in [0.25, 0.3) is 0 Å². The lowest BCUT2D eigenvalue weighted by molar-refractivity contribution is -0.137. The summed E-state index contributed by atoms with van der Waals surface area (Å²) in [5.74, 6) is 0.575. The number of alkyl carbamates (subject to hydrolysis) is 1. The molecule has 1 saturated heterocycles. The van der Waals surface area contributed by atoms with Gasteiger partial charge in [-0.1, -0.05) is 54.4 Å². The molecule has 0 radical (unpaired) electrons. The van der Waals surface area contributed by atoms with Gasteiger partial charge < -0.3 is 19.9 Å². The zero-order chi connectivity index (χ0) is 27.4. The number of carbonyl (C=O) groups is 2. The highest BCUT2D eigenvalue weighted by molar-refractivity contribution is 6.36. The molecule has 0 bridgehead atoms. The Morgan fingerprint density at radius 1 is 0.949 bits per heavy atom. The van der Waals surface area contributed by atoms with Crippen molar-refractivity contribution in [3.05, 3.63) is 63.1 Å². The van der Waals surface area contributed by atoms with Gasteiger partial charge in [-0.05, 0) is 88.3 Å². The SMILES string of the molecule is C.CC(C)(C)OC(=O)NCC1CCC(C(=O)N2CCN(c3ccc(Cl)cc3Cl)[C@H](c3ccc(Cl)cc3)C2)CC1. The zero-order valence-corrected chi connectivity index (χ0v) is 24.5. The number of benzene rings is 2. The molecular weight excluding hydrogens is 557 g/mol. The molecule has 1 saturated carbocycles. The maximum atomic E-state index is 13.6. The summed E-state index contributed by atoms with van der Waals surface area (Å²) >= 11 is 18.9. The van der Waals surface area contributed by atoms with Gasteiger partial charge in [-0.2, -0.15) is 0 Å². The first kappa shape index (κ1) is 31.4. The number of halogens is 3. The lowest BCUT2D eigenvalue weighted by Gasteiger charge is -2.44. The minimum Gasteiger partial charge on any atom is -0.444 e. The molecule has 2 aliphatic rings. The molecule has 1 atom stereocenters. The van der Waals surface area contributed by atoms with Gasteiger partial charge in [-0.15, -0.1) is 0 Å². The van der Waals surface area contributed by atoms with E-state index in [1.807, 2.05) is 62.1 Å². The summed E-state index contributed by atoms with van der Waals surface area (Å²) in [7, 11) is 0. The summed E-state index contributed by atoms with van der Waals surface area (Å²) in [6.07, 6.45) is 3.09. The van der Waals surface area contributed by atoms with Gasteiger partial charge in [0.15, 0.2) is 0 Å². The second-order valence-corrected chi connectivity index (χ2v) is 12.5. The molecule has 0 spiro atoms. The van der Waals surface area contributed by atoms with Crippen molar-refractivity contribution < 1.29 is 14.3 Å². The molecule has 6 nitrogen and oxygen atoms in total. The van der Waals surface area contributed by atoms with Crippen molar-refractivity contribution in [3.8, 4) is 0 Å². The number of rotatable bonds is 5. The van der Waals surface area contributed by atoms with E-state index in [1.54, 1.807) is 6.07 Å². The molecule has 2 fully saturated rings. The van der Waals surface area contributed by atoms with E-state index in [0.29, 0.717) is 47.2 Å². The first-order chi connectivity index (χ1) is 18.0. The first-order valence-electron chi connectivity index (χ1n) is 13.2. The Labute approximate surface area is 247 Å². The molecule has 39 heavy (non-hydrogen) atoms. The van der Waals surface area contributed by atoms with E-state index >= 15 is 0 Å². The highest BCUT2D eigenvalue weighted by atomic mass is 35.5. The lowest BCUT2D eigenvalue weighted by Crippen LogP contribution is -2.52. The van der Waals surface area contributed by atoms with Gasteiger partial charge in [-0.25, -0.2) is 4.79 Å². The molecule has 1 aliphatic heterocycles. The van der Waals surface area contributed by atoms with Crippen LogP contribution in [0.15, 0.2) is 42.5 Å². The van der Waals surface area contributed by atoms with Crippen LogP contribution in [0.3, 0.4) is 0 Å². The van der Waals surface area contributed by atoms with Crippen molar-refractivity contribution in [1.29, 1.82) is 0 Å². The lowest BCUT2D eigenvalue weighted by atomic mass is 9.81. The van der Waals surface area contributed by atoms with E-state index in [1.165, 1.54) is 0 Å². The fourth-order valence-corrected chi connectivity index (χ4v) is 6.01. The molecule has 214 valence electrons. The average molecular weight is 597 g/mol. The Balaban J connectivity index is 0.00000420. The predicted octanol–water partition coefficient (Wildman–Crippen LogP) is 8.00. The summed E-state index contributed by atoms with van der Waals surface area (Å²) in [5.41, 5.74) is 1.47. The second-order valence-electron chi connectivity index (χ2n) is 11.2. The minimum atomic E-state index is -0.513. The number of carbonyl (C=O) groups excluding carboxylic acids is 2. The van der Waals surface area contributed by atoms with Crippen molar-refractivity contribution >= 4 is 52.5 Å². The van der Waals surface area contributed by atoms with Crippen LogP contribution in [0.1, 0.15) is 65.5 Å². The Kier molecular flexibility index (Phi) is 10.8. The van der Waals surface area contributed by atoms with Gasteiger partial charge >= 0.3 is 6.09 Å². The van der Waals surface area contributed by atoms with Crippen molar-refractivity contribution in [1.82, 2.24) is 10.2 Å². The zero-order valence-electron chi connectivity index (χ0n) is 22.2. The van der Waals surface area contributed by atoms with Gasteiger partial charge in [0, 0.05) is 42.1 Å². The normalized spacial score (nSPS) is 21.6. The van der Waals surface area contributed by atoms with Gasteiger partial charge in [0.05, 0.1) is 16.8 Å². The number of piperazine rings is 1. The number of hydrogen-bond acceptors (Lipinski definition) is 4. The molecule has 0 aromatic heterocycles. The van der Waals surface area contributed by atoms with Crippen LogP contribution in [0.2, 0.25) is 15.1 Å². The van der Waals surface area contributed by atoms with Gasteiger partial charge in [-0.3, -0.25) is 4.79 Å². The van der Waals surface area contributed by atoms with Gasteiger partial charge in [0.2, 0.25) is 5.91 Å². The largest absolute Gasteiger partial charge is 0.444 e. The van der Waals surface area contributed by atoms with E-state index < -0.39 is 5.60 Å². The van der Waals surface area contributed by atoms with Crippen LogP contribution >= 0.6 is 34.8 Å². The van der Waals surface area contributed by atoms with Crippen LogP contribution in [0.5, 0.6) is 0 Å². The summed E-state index contributed by atoms with van der Waals surface area (Å²) in [6.45, 7) is 7.99. The number of amides is 2. The number of anilines is 1. The molecule has 1 aliphatic carbocycles. The Bertz CT molecular complexity index is 1130. The van der Waals surface area contributed by atoms with Crippen LogP contribution in [-0.2, 0) is 9.53 Å². The molecule has 0 unspecified atom stereocenters. The number of nitrogens with zero attached hydrogens (tertiary/aromatic N) is 2. The van der Waals surface area contributed by atoms with Gasteiger partial charge in [0.25, 0.3) is 0 Å². The van der Waals surface area contributed by atoms with Crippen LogP contribution in [-0.4, -0.2) is 48.7 Å². The summed E-state index contributed by atoms with van der Waals surface area (Å²) in [5, 5.41) is 4.74. The van der Waals surface area contributed by atoms with Crippen molar-refractivity contribution in [3.63, 3.8) is 0 Å². The van der Waals surface area contributed by atoms with Crippen LogP contribution < -0.4 is 10.2 Å². The van der Waals surface area contributed by atoms with Crippen molar-refractivity contribution in [2.45, 2.75) is 65.5 Å². The first-order valence-corrected chi connectivity index (χ1v) is 14.4. The minimum absolute atomic E-state index is 0. The van der Waals surface area contributed by atoms with Crippen LogP contribution in [0, 0.1) is 11.8 Å². The molecule has 9 heteroatoms. The highest BCUT2D eigenvalue weighted by Gasteiger charge is 2.36. The number of hydrogen-bond donors (Lipinski definition) is 1. The third-order valence-electron chi connectivity index (χ3n) is 7.30. The molecule has 2 aromatic rings. The maximum absolute atomic E-state index is 13.6. The van der Waals surface area contributed by atoms with E-state index in [0.717, 1.165) is 36.9 Å². The fourth-order valence-electron chi connectivity index (χ4n) is 5.37. The summed E-state index contributed by atoms with van der Waals surface area (Å²) in [4.78, 5) is 29.9. The smallest absolute Gasteiger partial charge is 0.407 e. The predicted molar refractivity (Wildman–Crippen MR) is 161 cm³/mol. The fraction of sp³-hybridized carbons (Fsp3) is 0.533. The standard InChI is InChI=1S/C29H36Cl3N3O3.CH4/c1-29(2,3)38-28(37)33-17-19-4-6-21(7-5-19)27(36)34-14-15-35(25-13-12-23(31)16-24(25)32)26(18-34)20-8-10-22(30)11-9-20;/h8-13,16,19,21,26H,4-7,14-15,17-18H2,1-3H3,(H,33,37);1H4/t19?,21?,26-;/m0./s1. The number of nitrogens with one attached hydrogen (secondary N) is 1. The van der Waals surface area contributed by atoms with E-state index in [9.17, 15) is 9.59 Å². The van der Waals surface area contributed by atoms with Crippen molar-refractivity contribution in [2.75, 3.05) is 31.1 Å². The molecule has 4 rings (SSSR count). The quantitative estimate of drug-likeness (QED) is 0.380. The summed E-state index contributed by atoms with van der Waals surface area (Å²) < 4.78 is 5.34. The van der Waals surface area contributed by atoms with Crippen molar-refractivity contribution in [2.24, 2.45) is 11.8 Å². The third-order valence-corrected chi connectivity index (χ3v) is 8.09. The summed E-state index contributed by atoms with van der Waals surface area (Å²) in [6, 6.07) is 13.3. The van der Waals surface area contributed by atoms with E-state index in [2.05, 4.69) is 10.2 Å². The molecule has 2 amide bonds. The molecule has 1 N–H and O–H groups in total. The monoisotopic (exact) mass is 595 g/mol.